The zero-order chi connectivity index (χ0) is 26.1. The molecule has 3 saturated heterocycles. The summed E-state index contributed by atoms with van der Waals surface area (Å²) in [6.45, 7) is 5.68. The standard InChI is InChI=1S/C33H38N6/c1-20-19-34-28-32-16-18-39(3)30(36-26-14-7-5-10-22(26)32)33(20,32)24-12-8-11-23(27(24)37-28)31-15-17-38(2)29(31)35-25-13-6-4-9-21(25)31/h4-14,20,28-30,34-37H,15-19H2,1-3H3/t20?,28?,29-,30-,31-,32?,33?/m1/s1. The molecule has 6 aliphatic heterocycles. The van der Waals surface area contributed by atoms with Crippen LogP contribution in [-0.2, 0) is 16.2 Å². The van der Waals surface area contributed by atoms with Gasteiger partial charge in [-0.25, -0.2) is 0 Å². The molecule has 3 aromatic carbocycles. The topological polar surface area (TPSA) is 54.6 Å². The number of fused-ring (bicyclic) bond motifs is 5. The van der Waals surface area contributed by atoms with E-state index in [0.29, 0.717) is 5.92 Å². The van der Waals surface area contributed by atoms with E-state index in [1.165, 1.54) is 39.3 Å². The highest BCUT2D eigenvalue weighted by Gasteiger charge is 2.73. The molecule has 6 aliphatic rings. The molecule has 0 radical (unpaired) electrons. The van der Waals surface area contributed by atoms with Crippen molar-refractivity contribution in [2.24, 2.45) is 5.92 Å². The Morgan fingerprint density at radius 2 is 1.33 bits per heavy atom. The predicted octanol–water partition coefficient (Wildman–Crippen LogP) is 4.31. The van der Waals surface area contributed by atoms with Crippen molar-refractivity contribution in [3.05, 3.63) is 89.0 Å². The van der Waals surface area contributed by atoms with Gasteiger partial charge in [-0.15, -0.1) is 0 Å². The van der Waals surface area contributed by atoms with Gasteiger partial charge in [0, 0.05) is 47.5 Å². The SMILES string of the molecule is CC1CNC2Nc3c(cccc3[C@]34CCN(C)[C@H]3Nc3ccccc34)C13[C@@H]1Nc4ccccc4C23CCN1C. The molecule has 0 aliphatic carbocycles. The van der Waals surface area contributed by atoms with Crippen LogP contribution in [-0.4, -0.2) is 62.0 Å². The van der Waals surface area contributed by atoms with E-state index < -0.39 is 0 Å². The van der Waals surface area contributed by atoms with Gasteiger partial charge in [0.05, 0.1) is 23.9 Å². The average Bonchev–Trinajstić information content (AvgIpc) is 3.47. The van der Waals surface area contributed by atoms with Crippen LogP contribution in [0.3, 0.4) is 0 Å². The normalized spacial score (nSPS) is 39.3. The number of anilines is 3. The van der Waals surface area contributed by atoms with Crippen molar-refractivity contribution in [3.63, 3.8) is 0 Å². The Balaban J connectivity index is 1.36. The van der Waals surface area contributed by atoms with Crippen molar-refractivity contribution in [2.45, 2.75) is 54.5 Å². The average molecular weight is 519 g/mol. The molecule has 6 heteroatoms. The molecule has 3 aromatic rings. The van der Waals surface area contributed by atoms with Gasteiger partial charge in [0.2, 0.25) is 0 Å². The third-order valence-corrected chi connectivity index (χ3v) is 11.8. The molecule has 6 heterocycles. The third-order valence-electron chi connectivity index (χ3n) is 11.8. The largest absolute Gasteiger partial charge is 0.369 e. The molecule has 39 heavy (non-hydrogen) atoms. The molecule has 4 N–H and O–H groups in total. The molecule has 4 bridgehead atoms. The number of hydrogen-bond donors (Lipinski definition) is 4. The minimum atomic E-state index is -0.0800. The molecule has 0 saturated carbocycles. The van der Waals surface area contributed by atoms with Gasteiger partial charge in [0.1, 0.15) is 0 Å². The fraction of sp³-hybridized carbons (Fsp3) is 0.455. The summed E-state index contributed by atoms with van der Waals surface area (Å²) in [5.41, 5.74) is 9.70. The molecule has 0 spiro atoms. The molecule has 0 amide bonds. The first-order valence-corrected chi connectivity index (χ1v) is 14.8. The van der Waals surface area contributed by atoms with Crippen LogP contribution >= 0.6 is 0 Å². The lowest BCUT2D eigenvalue weighted by Gasteiger charge is -2.72. The summed E-state index contributed by atoms with van der Waals surface area (Å²) in [7, 11) is 4.61. The van der Waals surface area contributed by atoms with Crippen LogP contribution in [0.4, 0.5) is 17.1 Å². The molecule has 9 rings (SSSR count). The molecule has 3 fully saturated rings. The lowest BCUT2D eigenvalue weighted by atomic mass is 9.42. The lowest BCUT2D eigenvalue weighted by Crippen LogP contribution is -2.83. The van der Waals surface area contributed by atoms with Gasteiger partial charge in [-0.05, 0) is 67.2 Å². The Kier molecular flexibility index (Phi) is 4.29. The van der Waals surface area contributed by atoms with E-state index in [1.54, 1.807) is 0 Å². The molecular weight excluding hydrogens is 480 g/mol. The molecule has 6 nitrogen and oxygen atoms in total. The lowest BCUT2D eigenvalue weighted by molar-refractivity contribution is -0.0594. The number of benzene rings is 3. The third kappa shape index (κ3) is 2.35. The van der Waals surface area contributed by atoms with Crippen molar-refractivity contribution < 1.29 is 0 Å². The van der Waals surface area contributed by atoms with E-state index in [1.807, 2.05) is 0 Å². The van der Waals surface area contributed by atoms with Gasteiger partial charge >= 0.3 is 0 Å². The Bertz CT molecular complexity index is 1520. The number of rotatable bonds is 1. The number of likely N-dealkylation sites (N-methyl/N-ethyl adjacent to an activating group) is 2. The number of para-hydroxylation sites is 3. The summed E-state index contributed by atoms with van der Waals surface area (Å²) in [4.78, 5) is 5.12. The Hall–Kier alpha value is -3.06. The molecule has 7 atom stereocenters. The van der Waals surface area contributed by atoms with Crippen LogP contribution in [0.1, 0.15) is 42.0 Å². The first-order valence-electron chi connectivity index (χ1n) is 14.8. The van der Waals surface area contributed by atoms with Crippen molar-refractivity contribution in [3.8, 4) is 0 Å². The van der Waals surface area contributed by atoms with E-state index in [0.717, 1.165) is 32.5 Å². The number of likely N-dealkylation sites (tertiary alicyclic amines) is 2. The maximum Gasteiger partial charge on any atom is 0.0933 e. The van der Waals surface area contributed by atoms with Crippen molar-refractivity contribution in [2.75, 3.05) is 49.7 Å². The predicted molar refractivity (Wildman–Crippen MR) is 157 cm³/mol. The van der Waals surface area contributed by atoms with Crippen LogP contribution in [0.25, 0.3) is 0 Å². The quantitative estimate of drug-likeness (QED) is 0.385. The fourth-order valence-electron chi connectivity index (χ4n) is 10.4. The van der Waals surface area contributed by atoms with Crippen LogP contribution < -0.4 is 21.3 Å². The first-order chi connectivity index (χ1) is 19.0. The second kappa shape index (κ2) is 7.36. The summed E-state index contributed by atoms with van der Waals surface area (Å²) in [6.07, 6.45) is 2.94. The van der Waals surface area contributed by atoms with Crippen LogP contribution in [0.2, 0.25) is 0 Å². The van der Waals surface area contributed by atoms with Crippen LogP contribution in [0.5, 0.6) is 0 Å². The van der Waals surface area contributed by atoms with E-state index in [2.05, 4.69) is 119 Å². The zero-order valence-corrected chi connectivity index (χ0v) is 23.1. The van der Waals surface area contributed by atoms with Crippen LogP contribution in [0.15, 0.2) is 66.7 Å². The van der Waals surface area contributed by atoms with Gasteiger partial charge < -0.3 is 16.0 Å². The highest BCUT2D eigenvalue weighted by molar-refractivity contribution is 5.78. The summed E-state index contributed by atoms with van der Waals surface area (Å²) in [6, 6.07) is 25.4. The summed E-state index contributed by atoms with van der Waals surface area (Å²) < 4.78 is 0. The van der Waals surface area contributed by atoms with E-state index >= 15 is 0 Å². The van der Waals surface area contributed by atoms with Crippen molar-refractivity contribution in [1.29, 1.82) is 0 Å². The fourth-order valence-corrected chi connectivity index (χ4v) is 10.4. The summed E-state index contributed by atoms with van der Waals surface area (Å²) in [5.74, 6) is 0.465. The zero-order valence-electron chi connectivity index (χ0n) is 23.1. The van der Waals surface area contributed by atoms with Crippen molar-refractivity contribution >= 4 is 17.1 Å². The second-order valence-corrected chi connectivity index (χ2v) is 13.1. The minimum absolute atomic E-state index is 0.0231. The Morgan fingerprint density at radius 3 is 2.18 bits per heavy atom. The monoisotopic (exact) mass is 518 g/mol. The van der Waals surface area contributed by atoms with Crippen molar-refractivity contribution in [1.82, 2.24) is 15.1 Å². The number of nitrogens with one attached hydrogen (secondary N) is 4. The second-order valence-electron chi connectivity index (χ2n) is 13.1. The molecule has 200 valence electrons. The van der Waals surface area contributed by atoms with E-state index in [-0.39, 0.29) is 34.7 Å². The minimum Gasteiger partial charge on any atom is -0.369 e. The highest BCUT2D eigenvalue weighted by Crippen LogP contribution is 2.68. The number of nitrogens with zero attached hydrogens (tertiary/aromatic N) is 2. The number of piperidine rings is 2. The molecule has 0 aromatic heterocycles. The van der Waals surface area contributed by atoms with Gasteiger partial charge in [0.15, 0.2) is 0 Å². The summed E-state index contributed by atoms with van der Waals surface area (Å²) >= 11 is 0. The summed E-state index contributed by atoms with van der Waals surface area (Å²) in [5, 5.41) is 16.3. The van der Waals surface area contributed by atoms with E-state index in [4.69, 9.17) is 0 Å². The first kappa shape index (κ1) is 22.7. The van der Waals surface area contributed by atoms with E-state index in [9.17, 15) is 0 Å². The van der Waals surface area contributed by atoms with Gasteiger partial charge in [-0.3, -0.25) is 15.1 Å². The molecule has 4 unspecified atom stereocenters. The Morgan fingerprint density at radius 1 is 0.692 bits per heavy atom. The van der Waals surface area contributed by atoms with Crippen LogP contribution in [0, 0.1) is 5.92 Å². The highest BCUT2D eigenvalue weighted by atomic mass is 15.3. The Labute approximate surface area is 231 Å². The van der Waals surface area contributed by atoms with Gasteiger partial charge in [0.25, 0.3) is 0 Å². The van der Waals surface area contributed by atoms with Gasteiger partial charge in [-0.2, -0.15) is 0 Å². The number of hydrogen-bond acceptors (Lipinski definition) is 6. The molecular formula is C33H38N6. The maximum atomic E-state index is 4.24. The maximum absolute atomic E-state index is 4.24. The van der Waals surface area contributed by atoms with Gasteiger partial charge in [-0.1, -0.05) is 61.5 Å². The smallest absolute Gasteiger partial charge is 0.0933 e.